The smallest absolute Gasteiger partial charge is 0.227 e. The monoisotopic (exact) mass is 331 g/mol. The minimum absolute atomic E-state index is 0.153. The summed E-state index contributed by atoms with van der Waals surface area (Å²) in [7, 11) is 0. The minimum Gasteiger partial charge on any atom is -0.338 e. The standard InChI is InChI=1S/C16H21N5OS/c22-16(20-7-2-15-13(12-20)3-10-23-15)14-1-6-19(11-14)8-9-21-17-4-5-18-21/h3-5,10,14H,1-2,6-9,11-12H2. The SMILES string of the molecule is O=C(C1CCN(CCn2nccn2)C1)N1CCc2sccc2C1. The van der Waals surface area contributed by atoms with E-state index in [1.54, 1.807) is 17.2 Å². The van der Waals surface area contributed by atoms with E-state index in [1.165, 1.54) is 10.4 Å². The average Bonchev–Trinajstić information content (AvgIpc) is 3.31. The lowest BCUT2D eigenvalue weighted by Crippen LogP contribution is -2.40. The molecule has 2 aliphatic rings. The van der Waals surface area contributed by atoms with E-state index in [1.807, 2.05) is 11.3 Å². The Hall–Kier alpha value is -1.73. The summed E-state index contributed by atoms with van der Waals surface area (Å²) >= 11 is 1.82. The van der Waals surface area contributed by atoms with Crippen LogP contribution in [-0.2, 0) is 24.3 Å². The second kappa shape index (κ2) is 6.41. The minimum atomic E-state index is 0.153. The molecule has 1 unspecified atom stereocenters. The molecule has 122 valence electrons. The molecule has 2 aromatic heterocycles. The Kier molecular flexibility index (Phi) is 4.13. The number of nitrogens with zero attached hydrogens (tertiary/aromatic N) is 5. The molecule has 0 saturated carbocycles. The molecular formula is C16H21N5OS. The molecule has 1 amide bonds. The first-order valence-corrected chi connectivity index (χ1v) is 9.08. The number of carbonyl (C=O) groups is 1. The highest BCUT2D eigenvalue weighted by molar-refractivity contribution is 7.10. The van der Waals surface area contributed by atoms with Crippen molar-refractivity contribution in [2.75, 3.05) is 26.2 Å². The van der Waals surface area contributed by atoms with Crippen LogP contribution in [0.2, 0.25) is 0 Å². The first-order valence-electron chi connectivity index (χ1n) is 8.20. The molecular weight excluding hydrogens is 310 g/mol. The predicted molar refractivity (Wildman–Crippen MR) is 88.0 cm³/mol. The van der Waals surface area contributed by atoms with E-state index in [-0.39, 0.29) is 5.92 Å². The number of aromatic nitrogens is 3. The lowest BCUT2D eigenvalue weighted by atomic mass is 10.0. The molecule has 23 heavy (non-hydrogen) atoms. The van der Waals surface area contributed by atoms with Crippen LogP contribution in [0, 0.1) is 5.92 Å². The Labute approximate surface area is 139 Å². The highest BCUT2D eigenvalue weighted by Gasteiger charge is 2.32. The van der Waals surface area contributed by atoms with Crippen molar-refractivity contribution in [2.45, 2.75) is 25.9 Å². The number of rotatable bonds is 4. The lowest BCUT2D eigenvalue weighted by molar-refractivity contribution is -0.136. The van der Waals surface area contributed by atoms with Crippen LogP contribution in [0.5, 0.6) is 0 Å². The summed E-state index contributed by atoms with van der Waals surface area (Å²) < 4.78 is 0. The molecule has 0 aliphatic carbocycles. The number of fused-ring (bicyclic) bond motifs is 1. The van der Waals surface area contributed by atoms with Crippen LogP contribution >= 0.6 is 11.3 Å². The summed E-state index contributed by atoms with van der Waals surface area (Å²) in [6.45, 7) is 5.23. The van der Waals surface area contributed by atoms with Gasteiger partial charge in [0.25, 0.3) is 0 Å². The van der Waals surface area contributed by atoms with Crippen LogP contribution < -0.4 is 0 Å². The van der Waals surface area contributed by atoms with Crippen molar-refractivity contribution in [3.63, 3.8) is 0 Å². The van der Waals surface area contributed by atoms with E-state index >= 15 is 0 Å². The Morgan fingerprint density at radius 2 is 2.13 bits per heavy atom. The summed E-state index contributed by atoms with van der Waals surface area (Å²) in [6, 6.07) is 2.16. The van der Waals surface area contributed by atoms with Gasteiger partial charge in [-0.3, -0.25) is 4.79 Å². The zero-order chi connectivity index (χ0) is 15.6. The zero-order valence-corrected chi connectivity index (χ0v) is 13.9. The van der Waals surface area contributed by atoms with Crippen molar-refractivity contribution in [1.82, 2.24) is 24.8 Å². The summed E-state index contributed by atoms with van der Waals surface area (Å²) in [4.78, 5) is 20.3. The maximum Gasteiger partial charge on any atom is 0.227 e. The van der Waals surface area contributed by atoms with E-state index < -0.39 is 0 Å². The Bertz CT molecular complexity index is 668. The summed E-state index contributed by atoms with van der Waals surface area (Å²) in [6.07, 6.45) is 5.38. The molecule has 0 aromatic carbocycles. The summed E-state index contributed by atoms with van der Waals surface area (Å²) in [5.41, 5.74) is 1.34. The Morgan fingerprint density at radius 3 is 3.00 bits per heavy atom. The Balaban J connectivity index is 1.30. The van der Waals surface area contributed by atoms with Crippen molar-refractivity contribution in [3.8, 4) is 0 Å². The maximum atomic E-state index is 12.8. The number of thiophene rings is 1. The third-order valence-electron chi connectivity index (χ3n) is 4.82. The van der Waals surface area contributed by atoms with Crippen molar-refractivity contribution in [2.24, 2.45) is 5.92 Å². The van der Waals surface area contributed by atoms with Crippen LogP contribution in [0.25, 0.3) is 0 Å². The van der Waals surface area contributed by atoms with Gasteiger partial charge in [-0.15, -0.1) is 11.3 Å². The molecule has 4 rings (SSSR count). The highest BCUT2D eigenvalue weighted by Crippen LogP contribution is 2.26. The molecule has 6 nitrogen and oxygen atoms in total. The third-order valence-corrected chi connectivity index (χ3v) is 5.85. The maximum absolute atomic E-state index is 12.8. The van der Waals surface area contributed by atoms with Crippen LogP contribution in [0.15, 0.2) is 23.8 Å². The first-order chi connectivity index (χ1) is 11.3. The average molecular weight is 331 g/mol. The molecule has 2 aromatic rings. The van der Waals surface area contributed by atoms with E-state index in [0.29, 0.717) is 5.91 Å². The lowest BCUT2D eigenvalue weighted by Gasteiger charge is -2.29. The summed E-state index contributed by atoms with van der Waals surface area (Å²) in [5.74, 6) is 0.488. The van der Waals surface area contributed by atoms with Gasteiger partial charge in [-0.2, -0.15) is 15.0 Å². The van der Waals surface area contributed by atoms with E-state index in [9.17, 15) is 4.79 Å². The fourth-order valence-electron chi connectivity index (χ4n) is 3.52. The number of likely N-dealkylation sites (tertiary alicyclic amines) is 1. The molecule has 7 heteroatoms. The zero-order valence-electron chi connectivity index (χ0n) is 13.1. The fourth-order valence-corrected chi connectivity index (χ4v) is 4.41. The number of hydrogen-bond acceptors (Lipinski definition) is 5. The highest BCUT2D eigenvalue weighted by atomic mass is 32.1. The van der Waals surface area contributed by atoms with Gasteiger partial charge >= 0.3 is 0 Å². The van der Waals surface area contributed by atoms with Gasteiger partial charge in [0.15, 0.2) is 0 Å². The van der Waals surface area contributed by atoms with Crippen LogP contribution in [0.4, 0.5) is 0 Å². The Morgan fingerprint density at radius 1 is 1.26 bits per heavy atom. The molecule has 0 radical (unpaired) electrons. The van der Waals surface area contributed by atoms with E-state index in [0.717, 1.165) is 52.1 Å². The van der Waals surface area contributed by atoms with Gasteiger partial charge in [0.05, 0.1) is 24.9 Å². The van der Waals surface area contributed by atoms with Gasteiger partial charge in [0.2, 0.25) is 5.91 Å². The first kappa shape index (κ1) is 14.8. The second-order valence-corrected chi connectivity index (χ2v) is 7.29. The van der Waals surface area contributed by atoms with Crippen molar-refractivity contribution in [1.29, 1.82) is 0 Å². The van der Waals surface area contributed by atoms with Gasteiger partial charge in [-0.1, -0.05) is 0 Å². The van der Waals surface area contributed by atoms with Gasteiger partial charge in [-0.25, -0.2) is 0 Å². The molecule has 2 aliphatic heterocycles. The van der Waals surface area contributed by atoms with Gasteiger partial charge in [0.1, 0.15) is 0 Å². The molecule has 4 heterocycles. The van der Waals surface area contributed by atoms with Crippen LogP contribution in [-0.4, -0.2) is 56.9 Å². The predicted octanol–water partition coefficient (Wildman–Crippen LogP) is 1.25. The van der Waals surface area contributed by atoms with E-state index in [2.05, 4.69) is 31.4 Å². The normalized spacial score (nSPS) is 21.6. The molecule has 0 bridgehead atoms. The van der Waals surface area contributed by atoms with Gasteiger partial charge in [0, 0.05) is 31.1 Å². The van der Waals surface area contributed by atoms with Gasteiger partial charge < -0.3 is 9.80 Å². The third kappa shape index (κ3) is 3.16. The van der Waals surface area contributed by atoms with Crippen LogP contribution in [0.1, 0.15) is 16.9 Å². The molecule has 0 N–H and O–H groups in total. The van der Waals surface area contributed by atoms with Crippen molar-refractivity contribution in [3.05, 3.63) is 34.3 Å². The number of carbonyl (C=O) groups excluding carboxylic acids is 1. The fraction of sp³-hybridized carbons (Fsp3) is 0.562. The second-order valence-electron chi connectivity index (χ2n) is 6.29. The molecule has 0 spiro atoms. The summed E-state index contributed by atoms with van der Waals surface area (Å²) in [5, 5.41) is 10.4. The van der Waals surface area contributed by atoms with E-state index in [4.69, 9.17) is 0 Å². The molecule has 1 saturated heterocycles. The van der Waals surface area contributed by atoms with Crippen LogP contribution in [0.3, 0.4) is 0 Å². The quantitative estimate of drug-likeness (QED) is 0.846. The molecule has 1 atom stereocenters. The topological polar surface area (TPSA) is 54.3 Å². The number of hydrogen-bond donors (Lipinski definition) is 0. The largest absolute Gasteiger partial charge is 0.338 e. The molecule has 1 fully saturated rings. The van der Waals surface area contributed by atoms with Crippen molar-refractivity contribution >= 4 is 17.2 Å². The van der Waals surface area contributed by atoms with Gasteiger partial charge in [-0.05, 0) is 36.4 Å². The van der Waals surface area contributed by atoms with Crippen molar-refractivity contribution < 1.29 is 4.79 Å². The number of amides is 1.